The van der Waals surface area contributed by atoms with E-state index in [1.54, 1.807) is 31.2 Å². The molecule has 2 aliphatic heterocycles. The Bertz CT molecular complexity index is 1030. The van der Waals surface area contributed by atoms with Crippen LogP contribution in [0.3, 0.4) is 0 Å². The van der Waals surface area contributed by atoms with Crippen molar-refractivity contribution in [3.8, 4) is 0 Å². The van der Waals surface area contributed by atoms with Crippen molar-refractivity contribution in [1.29, 1.82) is 0 Å². The summed E-state index contributed by atoms with van der Waals surface area (Å²) in [6, 6.07) is 11.1. The lowest BCUT2D eigenvalue weighted by molar-refractivity contribution is -0.113. The molecule has 4 rings (SSSR count). The second kappa shape index (κ2) is 6.83. The summed E-state index contributed by atoms with van der Waals surface area (Å²) in [6.07, 6.45) is 0.913. The summed E-state index contributed by atoms with van der Waals surface area (Å²) in [5, 5.41) is 0. The van der Waals surface area contributed by atoms with Gasteiger partial charge in [-0.15, -0.1) is 0 Å². The SMILES string of the molecule is CCOC(=O)c1ccc(N=C2C(=O)N3c4c2cc(C)cc4[C@@H](C)CC3(C)C)cc1. The highest BCUT2D eigenvalue weighted by Gasteiger charge is 2.47. The molecule has 0 bridgehead atoms. The Kier molecular flexibility index (Phi) is 4.56. The number of aliphatic imine (C=N–C) groups is 1. The average Bonchev–Trinajstić information content (AvgIpc) is 2.93. The summed E-state index contributed by atoms with van der Waals surface area (Å²) in [5.41, 5.74) is 5.57. The van der Waals surface area contributed by atoms with Crippen LogP contribution in [0.25, 0.3) is 0 Å². The van der Waals surface area contributed by atoms with E-state index in [9.17, 15) is 9.59 Å². The third-order valence-electron chi connectivity index (χ3n) is 5.73. The van der Waals surface area contributed by atoms with Gasteiger partial charge in [0.2, 0.25) is 0 Å². The number of anilines is 1. The molecule has 0 N–H and O–H groups in total. The van der Waals surface area contributed by atoms with Crippen molar-refractivity contribution in [1.82, 2.24) is 0 Å². The van der Waals surface area contributed by atoms with Crippen molar-refractivity contribution in [2.24, 2.45) is 4.99 Å². The summed E-state index contributed by atoms with van der Waals surface area (Å²) in [4.78, 5) is 31.9. The number of nitrogens with zero attached hydrogens (tertiary/aromatic N) is 2. The Hall–Kier alpha value is -2.95. The van der Waals surface area contributed by atoms with Gasteiger partial charge in [0.15, 0.2) is 0 Å². The number of hydrogen-bond donors (Lipinski definition) is 0. The molecule has 0 fully saturated rings. The molecule has 2 heterocycles. The smallest absolute Gasteiger partial charge is 0.338 e. The van der Waals surface area contributed by atoms with Gasteiger partial charge in [0.25, 0.3) is 5.91 Å². The Morgan fingerprint density at radius 2 is 1.93 bits per heavy atom. The number of rotatable bonds is 3. The van der Waals surface area contributed by atoms with Gasteiger partial charge >= 0.3 is 5.97 Å². The van der Waals surface area contributed by atoms with Gasteiger partial charge in [-0.1, -0.05) is 18.6 Å². The number of aryl methyl sites for hydroxylation is 1. The van der Waals surface area contributed by atoms with Crippen LogP contribution in [0.5, 0.6) is 0 Å². The fourth-order valence-electron chi connectivity index (χ4n) is 4.59. The first-order valence-electron chi connectivity index (χ1n) is 10.1. The van der Waals surface area contributed by atoms with Crippen LogP contribution in [0.1, 0.15) is 67.1 Å². The zero-order valence-corrected chi connectivity index (χ0v) is 17.6. The Morgan fingerprint density at radius 1 is 1.24 bits per heavy atom. The molecule has 0 saturated carbocycles. The molecular weight excluding hydrogens is 364 g/mol. The van der Waals surface area contributed by atoms with Gasteiger partial charge in [0, 0.05) is 11.1 Å². The van der Waals surface area contributed by atoms with Crippen molar-refractivity contribution < 1.29 is 14.3 Å². The predicted octanol–water partition coefficient (Wildman–Crippen LogP) is 4.92. The van der Waals surface area contributed by atoms with E-state index in [-0.39, 0.29) is 17.4 Å². The number of amides is 1. The van der Waals surface area contributed by atoms with Crippen molar-refractivity contribution in [3.05, 3.63) is 58.7 Å². The van der Waals surface area contributed by atoms with Crippen LogP contribution in [0.15, 0.2) is 41.4 Å². The quantitative estimate of drug-likeness (QED) is 0.699. The van der Waals surface area contributed by atoms with E-state index in [2.05, 4.69) is 39.8 Å². The first-order chi connectivity index (χ1) is 13.7. The lowest BCUT2D eigenvalue weighted by Crippen LogP contribution is -2.50. The number of ether oxygens (including phenoxy) is 1. The summed E-state index contributed by atoms with van der Waals surface area (Å²) < 4.78 is 5.02. The zero-order chi connectivity index (χ0) is 20.9. The minimum atomic E-state index is -0.359. The van der Waals surface area contributed by atoms with Crippen molar-refractivity contribution in [2.75, 3.05) is 11.5 Å². The van der Waals surface area contributed by atoms with Gasteiger partial charge in [0.05, 0.1) is 23.5 Å². The van der Waals surface area contributed by atoms with Gasteiger partial charge in [-0.2, -0.15) is 0 Å². The summed E-state index contributed by atoms with van der Waals surface area (Å²) in [6.45, 7) is 10.6. The van der Waals surface area contributed by atoms with Crippen molar-refractivity contribution in [2.45, 2.75) is 52.5 Å². The molecule has 0 aromatic heterocycles. The van der Waals surface area contributed by atoms with Crippen LogP contribution < -0.4 is 4.90 Å². The molecule has 5 nitrogen and oxygen atoms in total. The maximum Gasteiger partial charge on any atom is 0.338 e. The third kappa shape index (κ3) is 3.15. The van der Waals surface area contributed by atoms with Crippen LogP contribution in [0.4, 0.5) is 11.4 Å². The zero-order valence-electron chi connectivity index (χ0n) is 17.6. The summed E-state index contributed by atoms with van der Waals surface area (Å²) in [7, 11) is 0. The van der Waals surface area contributed by atoms with Gasteiger partial charge in [-0.3, -0.25) is 4.79 Å². The molecule has 2 aromatic carbocycles. The van der Waals surface area contributed by atoms with Crippen molar-refractivity contribution in [3.63, 3.8) is 0 Å². The number of carbonyl (C=O) groups excluding carboxylic acids is 2. The van der Waals surface area contributed by atoms with E-state index >= 15 is 0 Å². The van der Waals surface area contributed by atoms with Crippen LogP contribution in [-0.2, 0) is 9.53 Å². The van der Waals surface area contributed by atoms with Gasteiger partial charge < -0.3 is 9.64 Å². The minimum absolute atomic E-state index is 0.0572. The fraction of sp³-hybridized carbons (Fsp3) is 0.375. The molecule has 1 atom stereocenters. The van der Waals surface area contributed by atoms with Crippen LogP contribution >= 0.6 is 0 Å². The minimum Gasteiger partial charge on any atom is -0.462 e. The molecule has 0 aliphatic carbocycles. The normalized spacial score (nSPS) is 20.7. The predicted molar refractivity (Wildman–Crippen MR) is 114 cm³/mol. The standard InChI is InChI=1S/C24H26N2O3/c1-6-29-23(28)16-7-9-17(10-8-16)25-20-19-12-14(2)11-18-15(3)13-24(4,5)26(21(18)19)22(20)27/h7-12,15H,6,13H2,1-5H3/t15-/m0/s1. The maximum absolute atomic E-state index is 13.4. The van der Waals surface area contributed by atoms with Gasteiger partial charge in [0.1, 0.15) is 5.71 Å². The molecule has 0 unspecified atom stereocenters. The van der Waals surface area contributed by atoms with E-state index in [1.807, 2.05) is 4.90 Å². The molecule has 5 heteroatoms. The van der Waals surface area contributed by atoms with E-state index in [0.29, 0.717) is 29.5 Å². The van der Waals surface area contributed by atoms with Gasteiger partial charge in [-0.25, -0.2) is 9.79 Å². The molecular formula is C24H26N2O3. The lowest BCUT2D eigenvalue weighted by Gasteiger charge is -2.43. The summed E-state index contributed by atoms with van der Waals surface area (Å²) >= 11 is 0. The topological polar surface area (TPSA) is 59.0 Å². The monoisotopic (exact) mass is 390 g/mol. The Labute approximate surface area is 171 Å². The molecule has 0 radical (unpaired) electrons. The Morgan fingerprint density at radius 3 is 2.59 bits per heavy atom. The number of benzene rings is 2. The highest BCUT2D eigenvalue weighted by molar-refractivity contribution is 6.55. The number of esters is 1. The fourth-order valence-corrected chi connectivity index (χ4v) is 4.59. The molecule has 150 valence electrons. The van der Waals surface area contributed by atoms with Gasteiger partial charge in [-0.05, 0) is 75.9 Å². The second-order valence-corrected chi connectivity index (χ2v) is 8.54. The molecule has 29 heavy (non-hydrogen) atoms. The highest BCUT2D eigenvalue weighted by atomic mass is 16.5. The first kappa shape index (κ1) is 19.4. The lowest BCUT2D eigenvalue weighted by atomic mass is 9.80. The Balaban J connectivity index is 1.80. The highest BCUT2D eigenvalue weighted by Crippen LogP contribution is 2.49. The van der Waals surface area contributed by atoms with E-state index in [1.165, 1.54) is 5.56 Å². The molecule has 1 amide bonds. The van der Waals surface area contributed by atoms with Crippen LogP contribution in [0.2, 0.25) is 0 Å². The van der Waals surface area contributed by atoms with E-state index in [4.69, 9.17) is 9.73 Å². The van der Waals surface area contributed by atoms with E-state index in [0.717, 1.165) is 23.2 Å². The largest absolute Gasteiger partial charge is 0.462 e. The van der Waals surface area contributed by atoms with Crippen molar-refractivity contribution >= 4 is 29.0 Å². The maximum atomic E-state index is 13.4. The molecule has 0 saturated heterocycles. The van der Waals surface area contributed by atoms with Crippen LogP contribution in [-0.4, -0.2) is 29.7 Å². The average molecular weight is 390 g/mol. The third-order valence-corrected chi connectivity index (χ3v) is 5.73. The first-order valence-corrected chi connectivity index (χ1v) is 10.1. The number of carbonyl (C=O) groups is 2. The van der Waals surface area contributed by atoms with E-state index < -0.39 is 0 Å². The summed E-state index contributed by atoms with van der Waals surface area (Å²) in [5.74, 6) is -0.0359. The van der Waals surface area contributed by atoms with Crippen LogP contribution in [0, 0.1) is 6.92 Å². The second-order valence-electron chi connectivity index (χ2n) is 8.54. The molecule has 2 aromatic rings. The number of hydrogen-bond acceptors (Lipinski definition) is 4. The molecule has 0 spiro atoms. The molecule has 2 aliphatic rings.